The maximum atomic E-state index is 12.0. The van der Waals surface area contributed by atoms with Crippen molar-refractivity contribution >= 4 is 11.9 Å². The van der Waals surface area contributed by atoms with Gasteiger partial charge in [0.25, 0.3) is 0 Å². The molecule has 0 saturated carbocycles. The maximum absolute atomic E-state index is 12.0. The van der Waals surface area contributed by atoms with Gasteiger partial charge in [0.15, 0.2) is 0 Å². The second-order valence-corrected chi connectivity index (χ2v) is 4.87. The first-order chi connectivity index (χ1) is 7.25. The van der Waals surface area contributed by atoms with Crippen molar-refractivity contribution in [1.29, 1.82) is 0 Å². The van der Waals surface area contributed by atoms with Gasteiger partial charge in [-0.2, -0.15) is 0 Å². The zero-order chi connectivity index (χ0) is 12.4. The average Bonchev–Trinajstić information content (AvgIpc) is 2.17. The number of hydrogen-bond donors (Lipinski definition) is 2. The van der Waals surface area contributed by atoms with Crippen LogP contribution in [-0.4, -0.2) is 21.4 Å². The summed E-state index contributed by atoms with van der Waals surface area (Å²) in [6, 6.07) is 1.69. The van der Waals surface area contributed by atoms with Crippen molar-refractivity contribution in [2.45, 2.75) is 33.2 Å². The number of aromatic nitrogens is 2. The highest BCUT2D eigenvalue weighted by atomic mass is 16.2. The molecule has 0 radical (unpaired) electrons. The van der Waals surface area contributed by atoms with Crippen molar-refractivity contribution in [3.8, 4) is 0 Å². The quantitative estimate of drug-likeness (QED) is 0.804. The van der Waals surface area contributed by atoms with E-state index in [-0.39, 0.29) is 5.91 Å². The monoisotopic (exact) mass is 222 g/mol. The van der Waals surface area contributed by atoms with Crippen LogP contribution in [0.25, 0.3) is 0 Å². The Hall–Kier alpha value is -1.49. The van der Waals surface area contributed by atoms with Gasteiger partial charge in [0.2, 0.25) is 11.9 Å². The summed E-state index contributed by atoms with van der Waals surface area (Å²) < 4.78 is 0. The van der Waals surface area contributed by atoms with Crippen molar-refractivity contribution in [3.05, 3.63) is 18.5 Å². The van der Waals surface area contributed by atoms with Crippen LogP contribution in [0.3, 0.4) is 0 Å². The lowest BCUT2D eigenvalue weighted by molar-refractivity contribution is -0.126. The fourth-order valence-electron chi connectivity index (χ4n) is 0.914. The van der Waals surface area contributed by atoms with Crippen LogP contribution >= 0.6 is 0 Å². The van der Waals surface area contributed by atoms with Crippen LogP contribution in [0.1, 0.15) is 27.7 Å². The molecule has 5 nitrogen and oxygen atoms in total. The fraction of sp³-hybridized carbons (Fsp3) is 0.545. The number of amides is 1. The predicted octanol–water partition coefficient (Wildman–Crippen LogP) is 1.18. The van der Waals surface area contributed by atoms with Gasteiger partial charge >= 0.3 is 0 Å². The Labute approximate surface area is 95.5 Å². The Morgan fingerprint density at radius 3 is 2.19 bits per heavy atom. The van der Waals surface area contributed by atoms with E-state index in [2.05, 4.69) is 15.3 Å². The summed E-state index contributed by atoms with van der Waals surface area (Å²) in [5, 5.41) is 2.65. The molecule has 88 valence electrons. The standard InChI is InChI=1S/C11H18N4O/c1-10(2,11(3,4)12)8(16)15-9-13-6-5-7-14-9/h5-7H,12H2,1-4H3,(H,13,14,15,16). The molecule has 0 unspecified atom stereocenters. The molecule has 1 aromatic rings. The van der Waals surface area contributed by atoms with Gasteiger partial charge in [-0.15, -0.1) is 0 Å². The minimum atomic E-state index is -0.702. The van der Waals surface area contributed by atoms with Gasteiger partial charge in [-0.1, -0.05) is 0 Å². The zero-order valence-electron chi connectivity index (χ0n) is 10.1. The van der Waals surface area contributed by atoms with E-state index in [0.717, 1.165) is 0 Å². The van der Waals surface area contributed by atoms with Gasteiger partial charge in [-0.25, -0.2) is 9.97 Å². The second kappa shape index (κ2) is 4.17. The third-order valence-corrected chi connectivity index (χ3v) is 2.97. The number of nitrogens with one attached hydrogen (secondary N) is 1. The van der Waals surface area contributed by atoms with E-state index < -0.39 is 11.0 Å². The van der Waals surface area contributed by atoms with Gasteiger partial charge in [0.05, 0.1) is 5.41 Å². The van der Waals surface area contributed by atoms with Crippen molar-refractivity contribution in [3.63, 3.8) is 0 Å². The van der Waals surface area contributed by atoms with E-state index in [9.17, 15) is 4.79 Å². The van der Waals surface area contributed by atoms with Crippen molar-refractivity contribution < 1.29 is 4.79 Å². The Kier molecular flexibility index (Phi) is 3.28. The summed E-state index contributed by atoms with van der Waals surface area (Å²) in [4.78, 5) is 19.9. The highest BCUT2D eigenvalue weighted by Gasteiger charge is 2.40. The van der Waals surface area contributed by atoms with Crippen LogP contribution in [0.15, 0.2) is 18.5 Å². The highest BCUT2D eigenvalue weighted by Crippen LogP contribution is 2.29. The van der Waals surface area contributed by atoms with E-state index in [1.807, 2.05) is 13.8 Å². The normalized spacial score (nSPS) is 12.3. The summed E-state index contributed by atoms with van der Waals surface area (Å²) in [6.07, 6.45) is 3.15. The summed E-state index contributed by atoms with van der Waals surface area (Å²) >= 11 is 0. The second-order valence-electron chi connectivity index (χ2n) is 4.87. The number of nitrogens with two attached hydrogens (primary N) is 1. The van der Waals surface area contributed by atoms with E-state index in [1.165, 1.54) is 0 Å². The molecule has 16 heavy (non-hydrogen) atoms. The Bertz CT molecular complexity index is 367. The first-order valence-electron chi connectivity index (χ1n) is 5.12. The van der Waals surface area contributed by atoms with Crippen LogP contribution in [0.4, 0.5) is 5.95 Å². The average molecular weight is 222 g/mol. The number of rotatable bonds is 3. The molecule has 0 aliphatic heterocycles. The first kappa shape index (κ1) is 12.6. The minimum absolute atomic E-state index is 0.189. The molecule has 0 aromatic carbocycles. The molecule has 5 heteroatoms. The van der Waals surface area contributed by atoms with E-state index >= 15 is 0 Å². The number of hydrogen-bond acceptors (Lipinski definition) is 4. The summed E-state index contributed by atoms with van der Waals surface area (Å²) in [5.41, 5.74) is 4.64. The number of carbonyl (C=O) groups excluding carboxylic acids is 1. The molecule has 3 N–H and O–H groups in total. The van der Waals surface area contributed by atoms with Crippen LogP contribution in [0, 0.1) is 5.41 Å². The summed E-state index contributed by atoms with van der Waals surface area (Å²) in [5.74, 6) is 0.107. The van der Waals surface area contributed by atoms with Gasteiger partial charge in [0, 0.05) is 17.9 Å². The molecule has 0 aliphatic carbocycles. The molecule has 1 aromatic heterocycles. The number of anilines is 1. The molecule has 0 saturated heterocycles. The van der Waals surface area contributed by atoms with Crippen LogP contribution < -0.4 is 11.1 Å². The van der Waals surface area contributed by atoms with Crippen molar-refractivity contribution in [2.24, 2.45) is 11.1 Å². The van der Waals surface area contributed by atoms with E-state index in [4.69, 9.17) is 5.73 Å². The number of nitrogens with zero attached hydrogens (tertiary/aromatic N) is 2. The van der Waals surface area contributed by atoms with Crippen molar-refractivity contribution in [1.82, 2.24) is 9.97 Å². The van der Waals surface area contributed by atoms with Crippen molar-refractivity contribution in [2.75, 3.05) is 5.32 Å². The molecule has 1 heterocycles. The van der Waals surface area contributed by atoms with Gasteiger partial charge < -0.3 is 5.73 Å². The van der Waals surface area contributed by atoms with E-state index in [0.29, 0.717) is 5.95 Å². The zero-order valence-corrected chi connectivity index (χ0v) is 10.1. The van der Waals surface area contributed by atoms with Gasteiger partial charge in [0.1, 0.15) is 0 Å². The smallest absolute Gasteiger partial charge is 0.234 e. The third-order valence-electron chi connectivity index (χ3n) is 2.97. The Balaban J connectivity index is 2.81. The molecular weight excluding hydrogens is 204 g/mol. The predicted molar refractivity (Wildman–Crippen MR) is 62.7 cm³/mol. The van der Waals surface area contributed by atoms with Crippen LogP contribution in [-0.2, 0) is 4.79 Å². The SMILES string of the molecule is CC(C)(N)C(C)(C)C(=O)Nc1ncccn1. The lowest BCUT2D eigenvalue weighted by Gasteiger charge is -2.36. The largest absolute Gasteiger partial charge is 0.325 e. The minimum Gasteiger partial charge on any atom is -0.325 e. The first-order valence-corrected chi connectivity index (χ1v) is 5.12. The Morgan fingerprint density at radius 1 is 1.25 bits per heavy atom. The highest BCUT2D eigenvalue weighted by molar-refractivity contribution is 5.94. The molecule has 0 aliphatic rings. The third kappa shape index (κ3) is 2.55. The Morgan fingerprint density at radius 2 is 1.75 bits per heavy atom. The van der Waals surface area contributed by atoms with Gasteiger partial charge in [-0.05, 0) is 33.8 Å². The topological polar surface area (TPSA) is 80.9 Å². The molecule has 0 atom stereocenters. The molecule has 0 bridgehead atoms. The van der Waals surface area contributed by atoms with Crippen LogP contribution in [0.5, 0.6) is 0 Å². The maximum Gasteiger partial charge on any atom is 0.234 e. The lowest BCUT2D eigenvalue weighted by atomic mass is 9.74. The molecular formula is C11H18N4O. The lowest BCUT2D eigenvalue weighted by Crippen LogP contribution is -2.53. The van der Waals surface area contributed by atoms with Crippen LogP contribution in [0.2, 0.25) is 0 Å². The number of carbonyl (C=O) groups is 1. The molecule has 0 spiro atoms. The summed E-state index contributed by atoms with van der Waals surface area (Å²) in [7, 11) is 0. The molecule has 1 amide bonds. The molecule has 0 fully saturated rings. The van der Waals surface area contributed by atoms with E-state index in [1.54, 1.807) is 32.3 Å². The summed E-state index contributed by atoms with van der Waals surface area (Å²) in [6.45, 7) is 7.23. The molecule has 1 rings (SSSR count). The fourth-order valence-corrected chi connectivity index (χ4v) is 0.914. The van der Waals surface area contributed by atoms with Gasteiger partial charge in [-0.3, -0.25) is 10.1 Å².